The summed E-state index contributed by atoms with van der Waals surface area (Å²) >= 11 is 0. The molecule has 1 aliphatic rings. The Kier molecular flexibility index (Phi) is 4.73. The minimum atomic E-state index is -0.467. The highest BCUT2D eigenvalue weighted by Crippen LogP contribution is 2.17. The van der Waals surface area contributed by atoms with Crippen molar-refractivity contribution in [3.05, 3.63) is 28.1 Å². The summed E-state index contributed by atoms with van der Waals surface area (Å²) in [7, 11) is 0. The molecule has 0 bridgehead atoms. The van der Waals surface area contributed by atoms with Gasteiger partial charge >= 0.3 is 0 Å². The van der Waals surface area contributed by atoms with E-state index in [1.165, 1.54) is 12.3 Å². The highest BCUT2D eigenvalue weighted by molar-refractivity contribution is 5.93. The lowest BCUT2D eigenvalue weighted by molar-refractivity contribution is -0.384. The molecule has 1 unspecified atom stereocenters. The van der Waals surface area contributed by atoms with Gasteiger partial charge in [-0.15, -0.1) is 0 Å². The van der Waals surface area contributed by atoms with E-state index < -0.39 is 4.92 Å². The molecule has 0 spiro atoms. The first-order valence-corrected chi connectivity index (χ1v) is 6.98. The Morgan fingerprint density at radius 3 is 3.05 bits per heavy atom. The molecule has 2 N–H and O–H groups in total. The second-order valence-corrected chi connectivity index (χ2v) is 5.05. The lowest BCUT2D eigenvalue weighted by Crippen LogP contribution is -2.46. The van der Waals surface area contributed by atoms with E-state index in [0.29, 0.717) is 12.2 Å². The molecule has 1 saturated heterocycles. The van der Waals surface area contributed by atoms with Gasteiger partial charge in [0.25, 0.3) is 11.6 Å². The third-order valence-corrected chi connectivity index (χ3v) is 3.42. The van der Waals surface area contributed by atoms with Crippen LogP contribution in [0.3, 0.4) is 0 Å². The average Bonchev–Trinajstić information content (AvgIpc) is 2.85. The number of carbonyl (C=O) groups is 1. The molecule has 7 heteroatoms. The van der Waals surface area contributed by atoms with E-state index in [9.17, 15) is 14.9 Å². The molecule has 1 aromatic rings. The summed E-state index contributed by atoms with van der Waals surface area (Å²) in [5, 5.41) is 17.0. The molecule has 0 radical (unpaired) electrons. The van der Waals surface area contributed by atoms with Gasteiger partial charge in [0.2, 0.25) is 0 Å². The van der Waals surface area contributed by atoms with Gasteiger partial charge < -0.3 is 15.2 Å². The number of amides is 1. The molecule has 1 atom stereocenters. The van der Waals surface area contributed by atoms with Crippen LogP contribution in [0, 0.1) is 10.1 Å². The quantitative estimate of drug-likeness (QED) is 0.628. The fourth-order valence-corrected chi connectivity index (χ4v) is 2.45. The van der Waals surface area contributed by atoms with Crippen LogP contribution in [-0.4, -0.2) is 34.5 Å². The zero-order valence-electron chi connectivity index (χ0n) is 11.6. The van der Waals surface area contributed by atoms with Crippen LogP contribution < -0.4 is 10.6 Å². The maximum atomic E-state index is 12.3. The second-order valence-electron chi connectivity index (χ2n) is 5.05. The molecule has 0 aliphatic carbocycles. The highest BCUT2D eigenvalue weighted by Gasteiger charge is 2.22. The van der Waals surface area contributed by atoms with Crippen LogP contribution in [0.15, 0.2) is 12.3 Å². The van der Waals surface area contributed by atoms with Crippen molar-refractivity contribution in [2.75, 3.05) is 13.1 Å². The van der Waals surface area contributed by atoms with E-state index >= 15 is 0 Å². The Hall–Kier alpha value is -1.89. The van der Waals surface area contributed by atoms with Gasteiger partial charge in [0.1, 0.15) is 5.69 Å². The highest BCUT2D eigenvalue weighted by atomic mass is 16.6. The van der Waals surface area contributed by atoms with Crippen molar-refractivity contribution < 1.29 is 9.72 Å². The zero-order chi connectivity index (χ0) is 14.5. The van der Waals surface area contributed by atoms with Crippen molar-refractivity contribution in [2.45, 2.75) is 38.8 Å². The predicted octanol–water partition coefficient (Wildman–Crippen LogP) is 1.29. The SMILES string of the molecule is CCCn1cc([N+](=O)[O-])cc1C(=O)NC1CCCNC1. The Labute approximate surface area is 117 Å². The molecule has 2 heterocycles. The van der Waals surface area contributed by atoms with Gasteiger partial charge in [0.15, 0.2) is 0 Å². The van der Waals surface area contributed by atoms with Crippen molar-refractivity contribution in [3.63, 3.8) is 0 Å². The Morgan fingerprint density at radius 2 is 2.45 bits per heavy atom. The molecule has 2 rings (SSSR count). The van der Waals surface area contributed by atoms with Crippen LogP contribution in [0.4, 0.5) is 5.69 Å². The Balaban J connectivity index is 2.12. The van der Waals surface area contributed by atoms with Crippen LogP contribution in [0.25, 0.3) is 0 Å². The Bertz CT molecular complexity index is 492. The minimum Gasteiger partial charge on any atom is -0.347 e. The third-order valence-electron chi connectivity index (χ3n) is 3.42. The van der Waals surface area contributed by atoms with Crippen molar-refractivity contribution in [1.29, 1.82) is 0 Å². The van der Waals surface area contributed by atoms with Gasteiger partial charge in [-0.05, 0) is 25.8 Å². The lowest BCUT2D eigenvalue weighted by atomic mass is 10.1. The normalized spacial score (nSPS) is 18.8. The van der Waals surface area contributed by atoms with Gasteiger partial charge in [-0.3, -0.25) is 14.9 Å². The van der Waals surface area contributed by atoms with E-state index in [2.05, 4.69) is 10.6 Å². The van der Waals surface area contributed by atoms with E-state index in [1.807, 2.05) is 6.92 Å². The summed E-state index contributed by atoms with van der Waals surface area (Å²) in [4.78, 5) is 22.6. The summed E-state index contributed by atoms with van der Waals surface area (Å²) in [5.41, 5.74) is 0.328. The molecule has 1 aliphatic heterocycles. The first-order valence-electron chi connectivity index (χ1n) is 6.98. The molecule has 110 valence electrons. The number of piperidine rings is 1. The number of aryl methyl sites for hydroxylation is 1. The van der Waals surface area contributed by atoms with Gasteiger partial charge in [0, 0.05) is 25.2 Å². The number of nitrogens with zero attached hydrogens (tertiary/aromatic N) is 2. The number of aromatic nitrogens is 1. The van der Waals surface area contributed by atoms with Crippen LogP contribution in [0.1, 0.15) is 36.7 Å². The topological polar surface area (TPSA) is 89.2 Å². The van der Waals surface area contributed by atoms with E-state index in [4.69, 9.17) is 0 Å². The fourth-order valence-electron chi connectivity index (χ4n) is 2.45. The first-order chi connectivity index (χ1) is 9.61. The molecule has 1 fully saturated rings. The summed E-state index contributed by atoms with van der Waals surface area (Å²) in [6, 6.07) is 1.45. The van der Waals surface area contributed by atoms with Gasteiger partial charge in [-0.25, -0.2) is 0 Å². The maximum Gasteiger partial charge on any atom is 0.287 e. The zero-order valence-corrected chi connectivity index (χ0v) is 11.6. The molecular formula is C13H20N4O3. The Morgan fingerprint density at radius 1 is 1.65 bits per heavy atom. The smallest absolute Gasteiger partial charge is 0.287 e. The number of rotatable bonds is 5. The molecule has 0 saturated carbocycles. The van der Waals surface area contributed by atoms with Crippen LogP contribution in [0.2, 0.25) is 0 Å². The number of nitro groups is 1. The first kappa shape index (κ1) is 14.5. The number of nitrogens with one attached hydrogen (secondary N) is 2. The molecule has 1 aromatic heterocycles. The molecule has 7 nitrogen and oxygen atoms in total. The van der Waals surface area contributed by atoms with Gasteiger partial charge in [-0.2, -0.15) is 0 Å². The van der Waals surface area contributed by atoms with E-state index in [1.54, 1.807) is 4.57 Å². The average molecular weight is 280 g/mol. The summed E-state index contributed by atoms with van der Waals surface area (Å²) in [5.74, 6) is -0.236. The summed E-state index contributed by atoms with van der Waals surface area (Å²) in [6.45, 7) is 4.30. The third kappa shape index (κ3) is 3.36. The molecular weight excluding hydrogens is 260 g/mol. The maximum absolute atomic E-state index is 12.3. The number of hydrogen-bond acceptors (Lipinski definition) is 4. The summed E-state index contributed by atoms with van der Waals surface area (Å²) < 4.78 is 1.66. The molecule has 1 amide bonds. The molecule has 20 heavy (non-hydrogen) atoms. The number of hydrogen-bond donors (Lipinski definition) is 2. The second kappa shape index (κ2) is 6.51. The van der Waals surface area contributed by atoms with Crippen molar-refractivity contribution in [3.8, 4) is 0 Å². The van der Waals surface area contributed by atoms with Gasteiger partial charge in [-0.1, -0.05) is 6.92 Å². The largest absolute Gasteiger partial charge is 0.347 e. The monoisotopic (exact) mass is 280 g/mol. The van der Waals surface area contributed by atoms with Crippen LogP contribution in [-0.2, 0) is 6.54 Å². The fraction of sp³-hybridized carbons (Fsp3) is 0.615. The minimum absolute atomic E-state index is 0.0367. The number of carbonyl (C=O) groups excluding carboxylic acids is 1. The van der Waals surface area contributed by atoms with E-state index in [-0.39, 0.29) is 17.6 Å². The summed E-state index contributed by atoms with van der Waals surface area (Å²) in [6.07, 6.45) is 4.21. The van der Waals surface area contributed by atoms with Crippen LogP contribution >= 0.6 is 0 Å². The van der Waals surface area contributed by atoms with E-state index in [0.717, 1.165) is 32.4 Å². The van der Waals surface area contributed by atoms with Crippen LogP contribution in [0.5, 0.6) is 0 Å². The standard InChI is InChI=1S/C13H20N4O3/c1-2-6-16-9-11(17(19)20)7-12(16)13(18)15-10-4-3-5-14-8-10/h7,9-10,14H,2-6,8H2,1H3,(H,15,18). The van der Waals surface area contributed by atoms with Gasteiger partial charge in [0.05, 0.1) is 11.1 Å². The molecule has 0 aromatic carbocycles. The predicted molar refractivity (Wildman–Crippen MR) is 74.7 cm³/mol. The van der Waals surface area contributed by atoms with Crippen molar-refractivity contribution in [1.82, 2.24) is 15.2 Å². The van der Waals surface area contributed by atoms with Crippen molar-refractivity contribution in [2.24, 2.45) is 0 Å². The van der Waals surface area contributed by atoms with Crippen molar-refractivity contribution >= 4 is 11.6 Å². The lowest BCUT2D eigenvalue weighted by Gasteiger charge is -2.23.